The molecule has 1 nitrogen and oxygen atoms in total. The Morgan fingerprint density at radius 1 is 1.31 bits per heavy atom. The molecule has 0 heterocycles. The molecule has 1 saturated carbocycles. The van der Waals surface area contributed by atoms with Crippen molar-refractivity contribution >= 4 is 0 Å². The average molecular weight is 183 g/mol. The molecule has 0 amide bonds. The molecule has 1 aliphatic carbocycles. The summed E-state index contributed by atoms with van der Waals surface area (Å²) in [4.78, 5) is 0. The van der Waals surface area contributed by atoms with Gasteiger partial charge in [-0.25, -0.2) is 0 Å². The molecule has 0 aromatic heterocycles. The molecule has 1 fully saturated rings. The number of hydrogen-bond donors (Lipinski definition) is 1. The zero-order valence-corrected chi connectivity index (χ0v) is 9.69. The summed E-state index contributed by atoms with van der Waals surface area (Å²) in [5, 5.41) is 3.71. The fourth-order valence-corrected chi connectivity index (χ4v) is 2.19. The van der Waals surface area contributed by atoms with Crippen molar-refractivity contribution < 1.29 is 0 Å². The normalized spacial score (nSPS) is 22.8. The summed E-state index contributed by atoms with van der Waals surface area (Å²) < 4.78 is 0. The molecule has 1 heteroatoms. The lowest BCUT2D eigenvalue weighted by Gasteiger charge is -2.40. The van der Waals surface area contributed by atoms with E-state index in [4.69, 9.17) is 0 Å². The maximum absolute atomic E-state index is 3.71. The van der Waals surface area contributed by atoms with E-state index in [0.717, 1.165) is 12.0 Å². The van der Waals surface area contributed by atoms with Gasteiger partial charge in [0.2, 0.25) is 0 Å². The van der Waals surface area contributed by atoms with Crippen LogP contribution in [-0.2, 0) is 0 Å². The largest absolute Gasteiger partial charge is 0.313 e. The van der Waals surface area contributed by atoms with Gasteiger partial charge in [-0.15, -0.1) is 0 Å². The van der Waals surface area contributed by atoms with E-state index in [0.29, 0.717) is 5.41 Å². The Labute approximate surface area is 83.3 Å². The van der Waals surface area contributed by atoms with E-state index in [2.05, 4.69) is 33.0 Å². The highest BCUT2D eigenvalue weighted by molar-refractivity contribution is 4.86. The van der Waals surface area contributed by atoms with Gasteiger partial charge in [0.05, 0.1) is 0 Å². The summed E-state index contributed by atoms with van der Waals surface area (Å²) in [5.74, 6) is 0.772. The highest BCUT2D eigenvalue weighted by Crippen LogP contribution is 2.39. The van der Waals surface area contributed by atoms with Crippen LogP contribution in [0.3, 0.4) is 0 Å². The third-order valence-electron chi connectivity index (χ3n) is 3.60. The first-order valence-electron chi connectivity index (χ1n) is 5.81. The first kappa shape index (κ1) is 11.0. The zero-order valence-electron chi connectivity index (χ0n) is 9.69. The van der Waals surface area contributed by atoms with E-state index in [-0.39, 0.29) is 0 Å². The summed E-state index contributed by atoms with van der Waals surface area (Å²) in [6.45, 7) is 10.5. The first-order valence-corrected chi connectivity index (χ1v) is 5.81. The second-order valence-electron chi connectivity index (χ2n) is 5.30. The minimum Gasteiger partial charge on any atom is -0.313 e. The molecule has 13 heavy (non-hydrogen) atoms. The van der Waals surface area contributed by atoms with Crippen LogP contribution in [0.25, 0.3) is 0 Å². The zero-order chi connectivity index (χ0) is 9.90. The van der Waals surface area contributed by atoms with Crippen LogP contribution in [0, 0.1) is 11.3 Å². The molecule has 0 aromatic carbocycles. The lowest BCUT2D eigenvalue weighted by molar-refractivity contribution is 0.145. The summed E-state index contributed by atoms with van der Waals surface area (Å²) in [6, 6.07) is 0.720. The van der Waals surface area contributed by atoms with E-state index in [9.17, 15) is 0 Å². The van der Waals surface area contributed by atoms with Gasteiger partial charge in [0.1, 0.15) is 0 Å². The molecule has 0 aromatic rings. The summed E-state index contributed by atoms with van der Waals surface area (Å²) in [5.41, 5.74) is 0.627. The standard InChI is InChI=1S/C12H25N/c1-5-11(10(2)3)13-9-12(4)7-6-8-12/h10-11,13H,5-9H2,1-4H3. The molecule has 0 spiro atoms. The minimum atomic E-state index is 0.627. The third kappa shape index (κ3) is 2.98. The monoisotopic (exact) mass is 183 g/mol. The Hall–Kier alpha value is -0.0400. The van der Waals surface area contributed by atoms with Crippen LogP contribution in [-0.4, -0.2) is 12.6 Å². The fraction of sp³-hybridized carbons (Fsp3) is 1.00. The molecule has 0 radical (unpaired) electrons. The van der Waals surface area contributed by atoms with Crippen LogP contribution < -0.4 is 5.32 Å². The Morgan fingerprint density at radius 2 is 1.92 bits per heavy atom. The fourth-order valence-electron chi connectivity index (χ4n) is 2.19. The average Bonchev–Trinajstić information content (AvgIpc) is 2.02. The maximum Gasteiger partial charge on any atom is 0.00876 e. The Bertz CT molecular complexity index is 147. The predicted octanol–water partition coefficient (Wildman–Crippen LogP) is 3.20. The predicted molar refractivity (Wildman–Crippen MR) is 58.9 cm³/mol. The van der Waals surface area contributed by atoms with Gasteiger partial charge in [0.15, 0.2) is 0 Å². The summed E-state index contributed by atoms with van der Waals surface area (Å²) in [6.07, 6.45) is 5.55. The van der Waals surface area contributed by atoms with Crippen LogP contribution in [0.2, 0.25) is 0 Å². The van der Waals surface area contributed by atoms with E-state index in [1.807, 2.05) is 0 Å². The lowest BCUT2D eigenvalue weighted by atomic mass is 9.70. The number of nitrogens with one attached hydrogen (secondary N) is 1. The van der Waals surface area contributed by atoms with Crippen molar-refractivity contribution in [2.45, 2.75) is 59.4 Å². The smallest absolute Gasteiger partial charge is 0.00876 e. The molecule has 1 N–H and O–H groups in total. The molecular formula is C12H25N. The molecule has 1 atom stereocenters. The molecule has 0 bridgehead atoms. The molecular weight excluding hydrogens is 158 g/mol. The van der Waals surface area contributed by atoms with Gasteiger partial charge in [-0.3, -0.25) is 0 Å². The molecule has 0 saturated heterocycles. The van der Waals surface area contributed by atoms with Crippen LogP contribution >= 0.6 is 0 Å². The van der Waals surface area contributed by atoms with E-state index >= 15 is 0 Å². The summed E-state index contributed by atoms with van der Waals surface area (Å²) >= 11 is 0. The molecule has 78 valence electrons. The number of rotatable bonds is 5. The van der Waals surface area contributed by atoms with E-state index in [1.165, 1.54) is 32.2 Å². The van der Waals surface area contributed by atoms with E-state index < -0.39 is 0 Å². The van der Waals surface area contributed by atoms with Crippen molar-refractivity contribution in [1.29, 1.82) is 0 Å². The van der Waals surface area contributed by atoms with Crippen molar-refractivity contribution in [2.75, 3.05) is 6.54 Å². The molecule has 1 rings (SSSR count). The van der Waals surface area contributed by atoms with Crippen molar-refractivity contribution in [3.05, 3.63) is 0 Å². The highest BCUT2D eigenvalue weighted by Gasteiger charge is 2.31. The van der Waals surface area contributed by atoms with Gasteiger partial charge in [-0.2, -0.15) is 0 Å². The van der Waals surface area contributed by atoms with Gasteiger partial charge in [-0.1, -0.05) is 34.1 Å². The van der Waals surface area contributed by atoms with Crippen molar-refractivity contribution in [3.8, 4) is 0 Å². The molecule has 1 aliphatic rings. The SMILES string of the molecule is CCC(NCC1(C)CCC1)C(C)C. The van der Waals surface area contributed by atoms with Crippen LogP contribution in [0.15, 0.2) is 0 Å². The lowest BCUT2D eigenvalue weighted by Crippen LogP contribution is -2.43. The second-order valence-corrected chi connectivity index (χ2v) is 5.30. The van der Waals surface area contributed by atoms with Crippen molar-refractivity contribution in [2.24, 2.45) is 11.3 Å². The first-order chi connectivity index (χ1) is 6.07. The molecule has 1 unspecified atom stereocenters. The quantitative estimate of drug-likeness (QED) is 0.690. The van der Waals surface area contributed by atoms with Crippen molar-refractivity contribution in [1.82, 2.24) is 5.32 Å². The van der Waals surface area contributed by atoms with Crippen LogP contribution in [0.4, 0.5) is 0 Å². The van der Waals surface area contributed by atoms with Gasteiger partial charge < -0.3 is 5.32 Å². The maximum atomic E-state index is 3.71. The topological polar surface area (TPSA) is 12.0 Å². The molecule has 0 aliphatic heterocycles. The number of hydrogen-bond acceptors (Lipinski definition) is 1. The third-order valence-corrected chi connectivity index (χ3v) is 3.60. The van der Waals surface area contributed by atoms with Gasteiger partial charge >= 0.3 is 0 Å². The summed E-state index contributed by atoms with van der Waals surface area (Å²) in [7, 11) is 0. The second kappa shape index (κ2) is 4.45. The Kier molecular flexibility index (Phi) is 3.78. The van der Waals surface area contributed by atoms with Gasteiger partial charge in [-0.05, 0) is 30.6 Å². The van der Waals surface area contributed by atoms with Crippen LogP contribution in [0.1, 0.15) is 53.4 Å². The Morgan fingerprint density at radius 3 is 2.23 bits per heavy atom. The van der Waals surface area contributed by atoms with Crippen molar-refractivity contribution in [3.63, 3.8) is 0 Å². The van der Waals surface area contributed by atoms with Gasteiger partial charge in [0, 0.05) is 12.6 Å². The highest BCUT2D eigenvalue weighted by atomic mass is 14.9. The van der Waals surface area contributed by atoms with E-state index in [1.54, 1.807) is 0 Å². The van der Waals surface area contributed by atoms with Crippen LogP contribution in [0.5, 0.6) is 0 Å². The minimum absolute atomic E-state index is 0.627. The van der Waals surface area contributed by atoms with Gasteiger partial charge in [0.25, 0.3) is 0 Å². The Balaban J connectivity index is 2.23.